The highest BCUT2D eigenvalue weighted by atomic mass is 79.9. The van der Waals surface area contributed by atoms with Crippen molar-refractivity contribution in [3.8, 4) is 0 Å². The molecule has 0 spiro atoms. The van der Waals surface area contributed by atoms with Crippen LogP contribution in [0, 0.1) is 0 Å². The molecule has 1 aliphatic rings. The van der Waals surface area contributed by atoms with Gasteiger partial charge in [0.05, 0.1) is 11.6 Å². The fraction of sp³-hybridized carbons (Fsp3) is 0.462. The van der Waals surface area contributed by atoms with Crippen molar-refractivity contribution in [2.24, 2.45) is 0 Å². The molecule has 1 N–H and O–H groups in total. The molecule has 0 radical (unpaired) electrons. The molecule has 0 aromatic heterocycles. The maximum atomic E-state index is 12.8. The van der Waals surface area contributed by atoms with Gasteiger partial charge < -0.3 is 10.2 Å². The summed E-state index contributed by atoms with van der Waals surface area (Å²) < 4.78 is 38.8. The monoisotopic (exact) mass is 350 g/mol. The van der Waals surface area contributed by atoms with Crippen LogP contribution in [0.5, 0.6) is 0 Å². The molecular formula is C13H14BrF3N2O. The number of alkyl halides is 3. The summed E-state index contributed by atoms with van der Waals surface area (Å²) >= 11 is 3.07. The number of hydrogen-bond donors (Lipinski definition) is 1. The van der Waals surface area contributed by atoms with E-state index in [4.69, 9.17) is 0 Å². The molecule has 1 unspecified atom stereocenters. The molecule has 1 aromatic carbocycles. The Kier molecular flexibility index (Phi) is 4.39. The number of carbonyl (C=O) groups is 1. The normalized spacial score (nSPS) is 20.4. The standard InChI is InChI=1S/C13H14BrF3N2O/c1-18-11-3-2-4-19(12(11)20)10-6-8(13(15,16)17)5-9(14)7-10/h5-7,11,18H,2-4H2,1H3. The van der Waals surface area contributed by atoms with E-state index >= 15 is 0 Å². The van der Waals surface area contributed by atoms with Gasteiger partial charge in [0.1, 0.15) is 0 Å². The number of benzene rings is 1. The number of carbonyl (C=O) groups excluding carboxylic acids is 1. The molecule has 0 aliphatic carbocycles. The zero-order valence-corrected chi connectivity index (χ0v) is 12.4. The molecule has 0 bridgehead atoms. The first kappa shape index (κ1) is 15.3. The van der Waals surface area contributed by atoms with Crippen LogP contribution in [0.2, 0.25) is 0 Å². The highest BCUT2D eigenvalue weighted by Gasteiger charge is 2.33. The number of rotatable bonds is 2. The molecule has 1 amide bonds. The van der Waals surface area contributed by atoms with Crippen LogP contribution < -0.4 is 10.2 Å². The number of nitrogens with one attached hydrogen (secondary N) is 1. The third kappa shape index (κ3) is 3.15. The second-order valence-electron chi connectivity index (χ2n) is 4.67. The van der Waals surface area contributed by atoms with Crippen LogP contribution in [0.15, 0.2) is 22.7 Å². The van der Waals surface area contributed by atoms with Gasteiger partial charge in [-0.3, -0.25) is 4.79 Å². The lowest BCUT2D eigenvalue weighted by Gasteiger charge is -2.32. The Morgan fingerprint density at radius 1 is 1.35 bits per heavy atom. The number of amides is 1. The van der Waals surface area contributed by atoms with Gasteiger partial charge in [-0.05, 0) is 38.1 Å². The van der Waals surface area contributed by atoms with Gasteiger partial charge in [-0.1, -0.05) is 15.9 Å². The van der Waals surface area contributed by atoms with Gasteiger partial charge in [-0.25, -0.2) is 0 Å². The quantitative estimate of drug-likeness (QED) is 0.888. The third-order valence-electron chi connectivity index (χ3n) is 3.31. The zero-order chi connectivity index (χ0) is 14.9. The Morgan fingerprint density at radius 3 is 2.65 bits per heavy atom. The van der Waals surface area contributed by atoms with Crippen LogP contribution in [0.1, 0.15) is 18.4 Å². The Labute approximate surface area is 123 Å². The average Bonchev–Trinajstić information content (AvgIpc) is 2.37. The first-order valence-corrected chi connectivity index (χ1v) is 6.98. The molecule has 1 fully saturated rings. The molecule has 1 aliphatic heterocycles. The van der Waals surface area contributed by atoms with Crippen LogP contribution in [-0.4, -0.2) is 25.5 Å². The highest BCUT2D eigenvalue weighted by Crippen LogP contribution is 2.35. The van der Waals surface area contributed by atoms with Crippen LogP contribution in [-0.2, 0) is 11.0 Å². The summed E-state index contributed by atoms with van der Waals surface area (Å²) in [7, 11) is 1.67. The van der Waals surface area contributed by atoms with Crippen LogP contribution in [0.3, 0.4) is 0 Å². The molecule has 3 nitrogen and oxygen atoms in total. The van der Waals surface area contributed by atoms with E-state index in [9.17, 15) is 18.0 Å². The maximum Gasteiger partial charge on any atom is 0.416 e. The molecule has 1 heterocycles. The zero-order valence-electron chi connectivity index (χ0n) is 10.8. The first-order valence-electron chi connectivity index (χ1n) is 6.19. The van der Waals surface area contributed by atoms with Crippen molar-refractivity contribution in [3.05, 3.63) is 28.2 Å². The number of anilines is 1. The number of nitrogens with zero attached hydrogens (tertiary/aromatic N) is 1. The largest absolute Gasteiger partial charge is 0.416 e. The van der Waals surface area contributed by atoms with Gasteiger partial charge in [-0.2, -0.15) is 13.2 Å². The topological polar surface area (TPSA) is 32.3 Å². The Balaban J connectivity index is 2.37. The lowest BCUT2D eigenvalue weighted by Crippen LogP contribution is -2.49. The molecule has 7 heteroatoms. The number of halogens is 4. The second kappa shape index (κ2) is 5.73. The summed E-state index contributed by atoms with van der Waals surface area (Å²) in [6, 6.07) is 3.22. The molecule has 2 rings (SSSR count). The number of likely N-dealkylation sites (N-methyl/N-ethyl adjacent to an activating group) is 1. The Bertz CT molecular complexity index is 519. The van der Waals surface area contributed by atoms with Gasteiger partial charge >= 0.3 is 6.18 Å². The molecule has 20 heavy (non-hydrogen) atoms. The van der Waals surface area contributed by atoms with E-state index in [0.717, 1.165) is 18.6 Å². The van der Waals surface area contributed by atoms with Gasteiger partial charge in [0.2, 0.25) is 5.91 Å². The van der Waals surface area contributed by atoms with E-state index < -0.39 is 11.7 Å². The SMILES string of the molecule is CNC1CCCN(c2cc(Br)cc(C(F)(F)F)c2)C1=O. The average molecular weight is 351 g/mol. The smallest absolute Gasteiger partial charge is 0.311 e. The minimum Gasteiger partial charge on any atom is -0.311 e. The lowest BCUT2D eigenvalue weighted by molar-refractivity contribution is -0.137. The Morgan fingerprint density at radius 2 is 2.05 bits per heavy atom. The van der Waals surface area contributed by atoms with E-state index in [1.165, 1.54) is 11.0 Å². The van der Waals surface area contributed by atoms with E-state index in [1.54, 1.807) is 7.05 Å². The molecule has 1 aromatic rings. The van der Waals surface area contributed by atoms with Crippen molar-refractivity contribution < 1.29 is 18.0 Å². The van der Waals surface area contributed by atoms with E-state index in [2.05, 4.69) is 21.2 Å². The van der Waals surface area contributed by atoms with Crippen molar-refractivity contribution >= 4 is 27.5 Å². The predicted molar refractivity (Wildman–Crippen MR) is 73.6 cm³/mol. The molecular weight excluding hydrogens is 337 g/mol. The van der Waals surface area contributed by atoms with Crippen molar-refractivity contribution in [1.82, 2.24) is 5.32 Å². The van der Waals surface area contributed by atoms with E-state index in [0.29, 0.717) is 17.4 Å². The van der Waals surface area contributed by atoms with E-state index in [1.807, 2.05) is 0 Å². The lowest BCUT2D eigenvalue weighted by atomic mass is 10.0. The van der Waals surface area contributed by atoms with Crippen molar-refractivity contribution in [3.63, 3.8) is 0 Å². The summed E-state index contributed by atoms with van der Waals surface area (Å²) in [6.07, 6.45) is -2.98. The predicted octanol–water partition coefficient (Wildman–Crippen LogP) is 3.18. The van der Waals surface area contributed by atoms with Crippen LogP contribution in [0.4, 0.5) is 18.9 Å². The molecule has 1 atom stereocenters. The minimum atomic E-state index is -4.43. The molecule has 0 saturated carbocycles. The van der Waals surface area contributed by atoms with E-state index in [-0.39, 0.29) is 17.6 Å². The molecule has 1 saturated heterocycles. The molecule has 110 valence electrons. The van der Waals surface area contributed by atoms with Gasteiger partial charge in [-0.15, -0.1) is 0 Å². The minimum absolute atomic E-state index is 0.190. The van der Waals surface area contributed by atoms with Gasteiger partial charge in [0, 0.05) is 16.7 Å². The fourth-order valence-electron chi connectivity index (χ4n) is 2.29. The first-order chi connectivity index (χ1) is 9.32. The summed E-state index contributed by atoms with van der Waals surface area (Å²) in [5, 5.41) is 2.89. The summed E-state index contributed by atoms with van der Waals surface area (Å²) in [6.45, 7) is 0.435. The fourth-order valence-corrected chi connectivity index (χ4v) is 2.77. The van der Waals surface area contributed by atoms with Crippen molar-refractivity contribution in [1.29, 1.82) is 0 Å². The summed E-state index contributed by atoms with van der Waals surface area (Å²) in [4.78, 5) is 13.6. The summed E-state index contributed by atoms with van der Waals surface area (Å²) in [5.74, 6) is -0.190. The Hall–Kier alpha value is -1.08. The van der Waals surface area contributed by atoms with Gasteiger partial charge in [0.15, 0.2) is 0 Å². The number of piperidine rings is 1. The number of hydrogen-bond acceptors (Lipinski definition) is 2. The van der Waals surface area contributed by atoms with Crippen LogP contribution in [0.25, 0.3) is 0 Å². The third-order valence-corrected chi connectivity index (χ3v) is 3.77. The second-order valence-corrected chi connectivity index (χ2v) is 5.58. The maximum absolute atomic E-state index is 12.8. The highest BCUT2D eigenvalue weighted by molar-refractivity contribution is 9.10. The van der Waals surface area contributed by atoms with Crippen molar-refractivity contribution in [2.45, 2.75) is 25.1 Å². The van der Waals surface area contributed by atoms with Crippen molar-refractivity contribution in [2.75, 3.05) is 18.5 Å². The van der Waals surface area contributed by atoms with Gasteiger partial charge in [0.25, 0.3) is 0 Å². The van der Waals surface area contributed by atoms with Crippen LogP contribution >= 0.6 is 15.9 Å². The summed E-state index contributed by atoms with van der Waals surface area (Å²) in [5.41, 5.74) is -0.488.